The van der Waals surface area contributed by atoms with Crippen molar-refractivity contribution in [2.24, 2.45) is 5.84 Å². The molecule has 2 heterocycles. The van der Waals surface area contributed by atoms with Gasteiger partial charge in [0, 0.05) is 18.0 Å². The van der Waals surface area contributed by atoms with Crippen molar-refractivity contribution < 1.29 is 4.42 Å². The van der Waals surface area contributed by atoms with Gasteiger partial charge in [0.05, 0.1) is 6.26 Å². The second kappa shape index (κ2) is 5.87. The maximum atomic E-state index is 5.80. The van der Waals surface area contributed by atoms with Crippen LogP contribution in [0, 0.1) is 0 Å². The minimum absolute atomic E-state index is 0.0953. The van der Waals surface area contributed by atoms with Gasteiger partial charge >= 0.3 is 0 Å². The van der Waals surface area contributed by atoms with Crippen molar-refractivity contribution in [1.29, 1.82) is 0 Å². The Morgan fingerprint density at radius 3 is 2.72 bits per heavy atom. The summed E-state index contributed by atoms with van der Waals surface area (Å²) >= 11 is 0. The number of hydrazine groups is 1. The molecule has 3 N–H and O–H groups in total. The summed E-state index contributed by atoms with van der Waals surface area (Å²) in [6, 6.07) is 4.17. The number of rotatable bonds is 6. The molecule has 0 aromatic carbocycles. The molecule has 4 nitrogen and oxygen atoms in total. The van der Waals surface area contributed by atoms with Crippen LogP contribution < -0.4 is 11.3 Å². The highest BCUT2D eigenvalue weighted by Crippen LogP contribution is 2.29. The van der Waals surface area contributed by atoms with Gasteiger partial charge in [0.1, 0.15) is 5.76 Å². The van der Waals surface area contributed by atoms with Crippen LogP contribution in [0.3, 0.4) is 0 Å². The molecule has 0 amide bonds. The van der Waals surface area contributed by atoms with Crippen molar-refractivity contribution in [2.45, 2.75) is 51.1 Å². The Hall–Kier alpha value is -0.840. The predicted octanol–water partition coefficient (Wildman–Crippen LogP) is 1.92. The highest BCUT2D eigenvalue weighted by Gasteiger charge is 2.39. The van der Waals surface area contributed by atoms with Gasteiger partial charge in [-0.05, 0) is 51.4 Å². The Bertz CT molecular complexity index is 346. The van der Waals surface area contributed by atoms with Crippen molar-refractivity contribution in [3.05, 3.63) is 24.2 Å². The van der Waals surface area contributed by atoms with Crippen LogP contribution in [0.1, 0.15) is 38.9 Å². The number of nitrogens with two attached hydrogens (primary N) is 1. The topological polar surface area (TPSA) is 54.4 Å². The fourth-order valence-corrected chi connectivity index (χ4v) is 3.01. The van der Waals surface area contributed by atoms with E-state index in [4.69, 9.17) is 10.3 Å². The Labute approximate surface area is 109 Å². The first kappa shape index (κ1) is 13.6. The molecule has 1 aliphatic heterocycles. The van der Waals surface area contributed by atoms with E-state index >= 15 is 0 Å². The number of furan rings is 1. The van der Waals surface area contributed by atoms with Crippen molar-refractivity contribution in [2.75, 3.05) is 13.1 Å². The van der Waals surface area contributed by atoms with Crippen LogP contribution in [0.2, 0.25) is 0 Å². The van der Waals surface area contributed by atoms with Crippen molar-refractivity contribution in [1.82, 2.24) is 10.3 Å². The van der Waals surface area contributed by atoms with Gasteiger partial charge in [-0.15, -0.1) is 0 Å². The fourth-order valence-electron chi connectivity index (χ4n) is 3.01. The number of hydrogen-bond acceptors (Lipinski definition) is 4. The molecule has 2 rings (SSSR count). The molecule has 0 saturated carbocycles. The molecule has 0 spiro atoms. The zero-order valence-corrected chi connectivity index (χ0v) is 11.5. The zero-order chi connectivity index (χ0) is 13.0. The van der Waals surface area contributed by atoms with Crippen LogP contribution in [-0.4, -0.2) is 29.6 Å². The zero-order valence-electron chi connectivity index (χ0n) is 11.5. The highest BCUT2D eigenvalue weighted by atomic mass is 16.3. The Morgan fingerprint density at radius 2 is 2.22 bits per heavy atom. The molecular formula is C14H25N3O. The van der Waals surface area contributed by atoms with E-state index in [1.165, 1.54) is 25.9 Å². The van der Waals surface area contributed by atoms with E-state index in [1.54, 1.807) is 6.26 Å². The lowest BCUT2D eigenvalue weighted by atomic mass is 9.85. The molecule has 4 heteroatoms. The maximum Gasteiger partial charge on any atom is 0.105 e. The number of nitrogens with zero attached hydrogens (tertiary/aromatic N) is 1. The molecule has 1 aromatic rings. The lowest BCUT2D eigenvalue weighted by Crippen LogP contribution is -2.61. The summed E-state index contributed by atoms with van der Waals surface area (Å²) in [5.74, 6) is 6.80. The lowest BCUT2D eigenvalue weighted by Gasteiger charge is -2.44. The second-order valence-electron chi connectivity index (χ2n) is 5.41. The Morgan fingerprint density at radius 1 is 1.50 bits per heavy atom. The second-order valence-corrected chi connectivity index (χ2v) is 5.41. The van der Waals surface area contributed by atoms with Gasteiger partial charge in [-0.25, -0.2) is 0 Å². The molecule has 102 valence electrons. The van der Waals surface area contributed by atoms with E-state index < -0.39 is 0 Å². The van der Waals surface area contributed by atoms with E-state index in [1.807, 2.05) is 12.1 Å². The minimum Gasteiger partial charge on any atom is -0.469 e. The molecule has 2 atom stereocenters. The molecule has 0 bridgehead atoms. The van der Waals surface area contributed by atoms with E-state index in [2.05, 4.69) is 24.2 Å². The van der Waals surface area contributed by atoms with Gasteiger partial charge < -0.3 is 4.42 Å². The van der Waals surface area contributed by atoms with Crippen molar-refractivity contribution in [3.8, 4) is 0 Å². The number of nitrogens with one attached hydrogen (secondary N) is 1. The summed E-state index contributed by atoms with van der Waals surface area (Å²) in [4.78, 5) is 2.57. The Kier molecular flexibility index (Phi) is 4.43. The van der Waals surface area contributed by atoms with Gasteiger partial charge in [-0.1, -0.05) is 6.92 Å². The third-order valence-corrected chi connectivity index (χ3v) is 4.48. The summed E-state index contributed by atoms with van der Waals surface area (Å²) in [5.41, 5.74) is 3.10. The Balaban J connectivity index is 2.11. The fraction of sp³-hybridized carbons (Fsp3) is 0.714. The minimum atomic E-state index is 0.0953. The average Bonchev–Trinajstić information content (AvgIpc) is 3.07. The molecule has 1 fully saturated rings. The first-order chi connectivity index (χ1) is 8.70. The largest absolute Gasteiger partial charge is 0.469 e. The molecule has 1 saturated heterocycles. The smallest absolute Gasteiger partial charge is 0.105 e. The van der Waals surface area contributed by atoms with Gasteiger partial charge in [-0.3, -0.25) is 16.2 Å². The van der Waals surface area contributed by atoms with Gasteiger partial charge in [0.25, 0.3) is 0 Å². The quantitative estimate of drug-likeness (QED) is 0.599. The lowest BCUT2D eigenvalue weighted by molar-refractivity contribution is 0.0818. The normalized spacial score (nSPS) is 21.9. The van der Waals surface area contributed by atoms with Crippen LogP contribution >= 0.6 is 0 Å². The van der Waals surface area contributed by atoms with Crippen LogP contribution in [0.25, 0.3) is 0 Å². The van der Waals surface area contributed by atoms with Gasteiger partial charge in [0.15, 0.2) is 0 Å². The predicted molar refractivity (Wildman–Crippen MR) is 73.0 cm³/mol. The van der Waals surface area contributed by atoms with Crippen LogP contribution in [0.4, 0.5) is 0 Å². The summed E-state index contributed by atoms with van der Waals surface area (Å²) in [6.45, 7) is 6.91. The summed E-state index contributed by atoms with van der Waals surface area (Å²) in [5, 5.41) is 0. The average molecular weight is 251 g/mol. The van der Waals surface area contributed by atoms with E-state index in [-0.39, 0.29) is 11.6 Å². The van der Waals surface area contributed by atoms with Gasteiger partial charge in [-0.2, -0.15) is 0 Å². The summed E-state index contributed by atoms with van der Waals surface area (Å²) < 4.78 is 5.45. The van der Waals surface area contributed by atoms with Crippen molar-refractivity contribution >= 4 is 0 Å². The molecule has 0 radical (unpaired) electrons. The van der Waals surface area contributed by atoms with Gasteiger partial charge in [0.2, 0.25) is 0 Å². The SMILES string of the molecule is CCC(C)(C(Cc1ccco1)NN)N1CCCC1. The molecule has 0 aliphatic carbocycles. The first-order valence-electron chi connectivity index (χ1n) is 6.94. The first-order valence-corrected chi connectivity index (χ1v) is 6.94. The van der Waals surface area contributed by atoms with E-state index in [9.17, 15) is 0 Å². The van der Waals surface area contributed by atoms with E-state index in [0.29, 0.717) is 0 Å². The molecule has 18 heavy (non-hydrogen) atoms. The number of hydrogen-bond donors (Lipinski definition) is 2. The van der Waals surface area contributed by atoms with Crippen molar-refractivity contribution in [3.63, 3.8) is 0 Å². The standard InChI is InChI=1S/C14H25N3O/c1-3-14(2,17-8-4-5-9-17)13(16-15)11-12-7-6-10-18-12/h6-7,10,13,16H,3-5,8-9,11,15H2,1-2H3. The monoisotopic (exact) mass is 251 g/mol. The maximum absolute atomic E-state index is 5.80. The van der Waals surface area contributed by atoms with E-state index in [0.717, 1.165) is 18.6 Å². The summed E-state index contributed by atoms with van der Waals surface area (Å²) in [7, 11) is 0. The third kappa shape index (κ3) is 2.60. The molecule has 1 aliphatic rings. The molecular weight excluding hydrogens is 226 g/mol. The number of likely N-dealkylation sites (tertiary alicyclic amines) is 1. The van der Waals surface area contributed by atoms with Crippen LogP contribution in [-0.2, 0) is 6.42 Å². The third-order valence-electron chi connectivity index (χ3n) is 4.48. The molecule has 2 unspecified atom stereocenters. The summed E-state index contributed by atoms with van der Waals surface area (Å²) in [6.07, 6.45) is 6.25. The van der Waals surface area contributed by atoms with Crippen LogP contribution in [0.15, 0.2) is 22.8 Å². The highest BCUT2D eigenvalue weighted by molar-refractivity contribution is 5.06. The molecule has 1 aromatic heterocycles. The van der Waals surface area contributed by atoms with Crippen LogP contribution in [0.5, 0.6) is 0 Å².